The molecular formula is C7H11ClO. The van der Waals surface area contributed by atoms with Gasteiger partial charge in [0.2, 0.25) is 0 Å². The van der Waals surface area contributed by atoms with Crippen LogP contribution < -0.4 is 0 Å². The van der Waals surface area contributed by atoms with Gasteiger partial charge in [-0.1, -0.05) is 6.92 Å². The highest BCUT2D eigenvalue weighted by Gasteiger charge is 2.30. The van der Waals surface area contributed by atoms with Gasteiger partial charge in [-0.05, 0) is 18.8 Å². The molecule has 0 aromatic heterocycles. The SMILES string of the molecule is CC1CC(C(=O)CCl)C1. The highest BCUT2D eigenvalue weighted by molar-refractivity contribution is 6.27. The zero-order chi connectivity index (χ0) is 6.85. The Morgan fingerprint density at radius 3 is 2.56 bits per heavy atom. The maximum Gasteiger partial charge on any atom is 0.150 e. The number of ketones is 1. The van der Waals surface area contributed by atoms with E-state index in [1.165, 1.54) is 0 Å². The predicted molar refractivity (Wildman–Crippen MR) is 37.6 cm³/mol. The van der Waals surface area contributed by atoms with Gasteiger partial charge in [-0.25, -0.2) is 0 Å². The highest BCUT2D eigenvalue weighted by Crippen LogP contribution is 2.33. The number of hydrogen-bond acceptors (Lipinski definition) is 1. The van der Waals surface area contributed by atoms with Crippen LogP contribution in [0.4, 0.5) is 0 Å². The van der Waals surface area contributed by atoms with Crippen LogP contribution in [0, 0.1) is 11.8 Å². The van der Waals surface area contributed by atoms with Crippen LogP contribution in [0.25, 0.3) is 0 Å². The first-order valence-corrected chi connectivity index (χ1v) is 3.86. The summed E-state index contributed by atoms with van der Waals surface area (Å²) in [6, 6.07) is 0. The summed E-state index contributed by atoms with van der Waals surface area (Å²) in [5, 5.41) is 0. The first kappa shape index (κ1) is 7.07. The van der Waals surface area contributed by atoms with Crippen LogP contribution in [0.15, 0.2) is 0 Å². The van der Waals surface area contributed by atoms with Gasteiger partial charge < -0.3 is 0 Å². The van der Waals surface area contributed by atoms with E-state index in [4.69, 9.17) is 11.6 Å². The van der Waals surface area contributed by atoms with Gasteiger partial charge in [-0.2, -0.15) is 0 Å². The first-order chi connectivity index (χ1) is 4.24. The third-order valence-electron chi connectivity index (χ3n) is 1.96. The minimum Gasteiger partial charge on any atom is -0.298 e. The van der Waals surface area contributed by atoms with E-state index in [0.29, 0.717) is 5.92 Å². The number of hydrogen-bond donors (Lipinski definition) is 0. The van der Waals surface area contributed by atoms with Gasteiger partial charge in [0, 0.05) is 5.92 Å². The fourth-order valence-corrected chi connectivity index (χ4v) is 1.49. The van der Waals surface area contributed by atoms with Crippen molar-refractivity contribution in [2.24, 2.45) is 11.8 Å². The second kappa shape index (κ2) is 2.70. The summed E-state index contributed by atoms with van der Waals surface area (Å²) < 4.78 is 0. The van der Waals surface area contributed by atoms with Crippen LogP contribution in [0.1, 0.15) is 19.8 Å². The third-order valence-corrected chi connectivity index (χ3v) is 2.22. The van der Waals surface area contributed by atoms with Crippen LogP contribution in [0.5, 0.6) is 0 Å². The summed E-state index contributed by atoms with van der Waals surface area (Å²) >= 11 is 5.36. The minimum absolute atomic E-state index is 0.206. The van der Waals surface area contributed by atoms with Crippen LogP contribution >= 0.6 is 11.6 Å². The monoisotopic (exact) mass is 146 g/mol. The molecule has 0 unspecified atom stereocenters. The standard InChI is InChI=1S/C7H11ClO/c1-5-2-6(3-5)7(9)4-8/h5-6H,2-4H2,1H3. The zero-order valence-electron chi connectivity index (χ0n) is 5.56. The predicted octanol–water partition coefficient (Wildman–Crippen LogP) is 1.84. The average molecular weight is 147 g/mol. The molecule has 9 heavy (non-hydrogen) atoms. The smallest absolute Gasteiger partial charge is 0.150 e. The number of carbonyl (C=O) groups excluding carboxylic acids is 1. The van der Waals surface area contributed by atoms with E-state index in [2.05, 4.69) is 6.92 Å². The molecule has 0 saturated heterocycles. The maximum absolute atomic E-state index is 10.8. The van der Waals surface area contributed by atoms with Crippen LogP contribution in [-0.4, -0.2) is 11.7 Å². The lowest BCUT2D eigenvalue weighted by Crippen LogP contribution is -2.29. The van der Waals surface area contributed by atoms with Crippen molar-refractivity contribution in [3.8, 4) is 0 Å². The van der Waals surface area contributed by atoms with E-state index in [0.717, 1.165) is 18.8 Å². The molecule has 0 heterocycles. The van der Waals surface area contributed by atoms with Crippen molar-refractivity contribution in [3.63, 3.8) is 0 Å². The average Bonchev–Trinajstić information content (AvgIpc) is 1.79. The third kappa shape index (κ3) is 1.45. The molecule has 0 atom stereocenters. The molecule has 0 bridgehead atoms. The molecule has 0 radical (unpaired) electrons. The molecule has 2 heteroatoms. The van der Waals surface area contributed by atoms with Gasteiger partial charge in [0.05, 0.1) is 5.88 Å². The molecule has 0 amide bonds. The molecule has 0 aromatic carbocycles. The van der Waals surface area contributed by atoms with Crippen molar-refractivity contribution in [3.05, 3.63) is 0 Å². The zero-order valence-corrected chi connectivity index (χ0v) is 6.32. The normalized spacial score (nSPS) is 33.6. The van der Waals surface area contributed by atoms with E-state index in [1.54, 1.807) is 0 Å². The van der Waals surface area contributed by atoms with Crippen molar-refractivity contribution in [2.75, 3.05) is 5.88 Å². The number of carbonyl (C=O) groups is 1. The molecule has 0 N–H and O–H groups in total. The van der Waals surface area contributed by atoms with Gasteiger partial charge in [0.15, 0.2) is 5.78 Å². The molecule has 1 saturated carbocycles. The van der Waals surface area contributed by atoms with E-state index >= 15 is 0 Å². The second-order valence-corrected chi connectivity index (χ2v) is 3.14. The summed E-state index contributed by atoms with van der Waals surface area (Å²) in [7, 11) is 0. The second-order valence-electron chi connectivity index (χ2n) is 2.87. The van der Waals surface area contributed by atoms with E-state index in [9.17, 15) is 4.79 Å². The largest absolute Gasteiger partial charge is 0.298 e. The molecule has 0 aliphatic heterocycles. The molecule has 1 rings (SSSR count). The Morgan fingerprint density at radius 2 is 2.22 bits per heavy atom. The Balaban J connectivity index is 2.23. The molecule has 1 nitrogen and oxygen atoms in total. The quantitative estimate of drug-likeness (QED) is 0.544. The minimum atomic E-state index is 0.206. The summed E-state index contributed by atoms with van der Waals surface area (Å²) in [4.78, 5) is 10.8. The van der Waals surface area contributed by atoms with E-state index in [1.807, 2.05) is 0 Å². The Morgan fingerprint density at radius 1 is 1.67 bits per heavy atom. The Kier molecular flexibility index (Phi) is 2.12. The van der Waals surface area contributed by atoms with Gasteiger partial charge in [-0.3, -0.25) is 4.79 Å². The fourth-order valence-electron chi connectivity index (χ4n) is 1.27. The summed E-state index contributed by atoms with van der Waals surface area (Å²) in [6.07, 6.45) is 2.12. The summed E-state index contributed by atoms with van der Waals surface area (Å²) in [6.45, 7) is 2.16. The highest BCUT2D eigenvalue weighted by atomic mass is 35.5. The summed E-state index contributed by atoms with van der Waals surface area (Å²) in [5.41, 5.74) is 0. The first-order valence-electron chi connectivity index (χ1n) is 3.32. The van der Waals surface area contributed by atoms with Gasteiger partial charge in [0.25, 0.3) is 0 Å². The molecule has 1 fully saturated rings. The lowest BCUT2D eigenvalue weighted by molar-refractivity contribution is -0.124. The topological polar surface area (TPSA) is 17.1 Å². The number of halogens is 1. The van der Waals surface area contributed by atoms with E-state index < -0.39 is 0 Å². The van der Waals surface area contributed by atoms with Crippen molar-refractivity contribution >= 4 is 17.4 Å². The van der Waals surface area contributed by atoms with Crippen molar-refractivity contribution in [1.82, 2.24) is 0 Å². The lowest BCUT2D eigenvalue weighted by atomic mass is 9.74. The molecule has 52 valence electrons. The number of alkyl halides is 1. The number of Topliss-reactive ketones (excluding diaryl/α,β-unsaturated/α-hetero) is 1. The molecule has 0 spiro atoms. The number of rotatable bonds is 2. The van der Waals surface area contributed by atoms with Crippen LogP contribution in [-0.2, 0) is 4.79 Å². The Bertz CT molecular complexity index is 116. The molecule has 0 aromatic rings. The Hall–Kier alpha value is -0.0400. The van der Waals surface area contributed by atoms with Gasteiger partial charge >= 0.3 is 0 Å². The van der Waals surface area contributed by atoms with E-state index in [-0.39, 0.29) is 11.7 Å². The van der Waals surface area contributed by atoms with Gasteiger partial charge in [0.1, 0.15) is 0 Å². The molecule has 1 aliphatic carbocycles. The maximum atomic E-state index is 10.8. The molecular weight excluding hydrogens is 136 g/mol. The van der Waals surface area contributed by atoms with Crippen molar-refractivity contribution < 1.29 is 4.79 Å². The fraction of sp³-hybridized carbons (Fsp3) is 0.857. The lowest BCUT2D eigenvalue weighted by Gasteiger charge is -2.30. The van der Waals surface area contributed by atoms with Crippen LogP contribution in [0.3, 0.4) is 0 Å². The van der Waals surface area contributed by atoms with Gasteiger partial charge in [-0.15, -0.1) is 11.6 Å². The van der Waals surface area contributed by atoms with Crippen molar-refractivity contribution in [2.45, 2.75) is 19.8 Å². The molecule has 1 aliphatic rings. The Labute approximate surface area is 60.4 Å². The van der Waals surface area contributed by atoms with Crippen LogP contribution in [0.2, 0.25) is 0 Å². The van der Waals surface area contributed by atoms with Crippen molar-refractivity contribution in [1.29, 1.82) is 0 Å². The summed E-state index contributed by atoms with van der Waals surface area (Å²) in [5.74, 6) is 1.49.